The lowest BCUT2D eigenvalue weighted by molar-refractivity contribution is 0.324. The molecular weight excluding hydrogens is 348 g/mol. The molecule has 2 aromatic carbocycles. The van der Waals surface area contributed by atoms with Gasteiger partial charge in [0.2, 0.25) is 5.75 Å². The molecule has 0 radical (unpaired) electrons. The van der Waals surface area contributed by atoms with Crippen molar-refractivity contribution >= 4 is 21.4 Å². The van der Waals surface area contributed by atoms with Crippen molar-refractivity contribution < 1.29 is 14.2 Å². The number of thiophene rings is 1. The van der Waals surface area contributed by atoms with Crippen molar-refractivity contribution in [2.45, 2.75) is 0 Å². The Labute approximate surface area is 155 Å². The normalized spacial score (nSPS) is 10.9. The molecule has 1 N–H and O–H groups in total. The zero-order valence-corrected chi connectivity index (χ0v) is 15.5. The van der Waals surface area contributed by atoms with E-state index < -0.39 is 0 Å². The topological polar surface area (TPSA) is 56.4 Å². The molecule has 2 heterocycles. The molecule has 132 valence electrons. The largest absolute Gasteiger partial charge is 0.493 e. The van der Waals surface area contributed by atoms with Gasteiger partial charge in [0.05, 0.1) is 33.2 Å². The number of H-pyrrole nitrogens is 1. The number of aromatic nitrogens is 2. The van der Waals surface area contributed by atoms with Crippen molar-refractivity contribution in [3.8, 4) is 38.9 Å². The molecule has 0 aliphatic rings. The fraction of sp³-hybridized carbons (Fsp3) is 0.150. The van der Waals surface area contributed by atoms with Crippen LogP contribution in [0.4, 0.5) is 0 Å². The molecule has 5 nitrogen and oxygen atoms in total. The van der Waals surface area contributed by atoms with E-state index in [1.165, 1.54) is 10.1 Å². The van der Waals surface area contributed by atoms with Crippen molar-refractivity contribution in [2.75, 3.05) is 21.3 Å². The van der Waals surface area contributed by atoms with E-state index in [0.717, 1.165) is 21.7 Å². The van der Waals surface area contributed by atoms with Gasteiger partial charge in [-0.1, -0.05) is 18.2 Å². The zero-order valence-electron chi connectivity index (χ0n) is 14.7. The summed E-state index contributed by atoms with van der Waals surface area (Å²) in [6, 6.07) is 14.4. The highest BCUT2D eigenvalue weighted by atomic mass is 32.1. The SMILES string of the molecule is COc1cc(-c2[nH]ncc2-c2cc3ccccc3s2)cc(OC)c1OC. The highest BCUT2D eigenvalue weighted by Gasteiger charge is 2.18. The Morgan fingerprint density at radius 3 is 2.31 bits per heavy atom. The van der Waals surface area contributed by atoms with Crippen molar-refractivity contribution in [1.82, 2.24) is 10.2 Å². The maximum atomic E-state index is 5.47. The molecule has 6 heteroatoms. The van der Waals surface area contributed by atoms with Crippen LogP contribution >= 0.6 is 11.3 Å². The van der Waals surface area contributed by atoms with Gasteiger partial charge in [0, 0.05) is 20.7 Å². The molecule has 0 spiro atoms. The highest BCUT2D eigenvalue weighted by molar-refractivity contribution is 7.22. The van der Waals surface area contributed by atoms with E-state index >= 15 is 0 Å². The van der Waals surface area contributed by atoms with Crippen LogP contribution in [0.3, 0.4) is 0 Å². The first-order valence-corrected chi connectivity index (χ1v) is 8.89. The summed E-state index contributed by atoms with van der Waals surface area (Å²) in [7, 11) is 4.82. The van der Waals surface area contributed by atoms with Crippen LogP contribution in [-0.2, 0) is 0 Å². The first kappa shape index (κ1) is 16.5. The van der Waals surface area contributed by atoms with Crippen molar-refractivity contribution in [1.29, 1.82) is 0 Å². The maximum absolute atomic E-state index is 5.47. The molecule has 0 atom stereocenters. The molecule has 4 rings (SSSR count). The minimum atomic E-state index is 0.571. The van der Waals surface area contributed by atoms with Crippen LogP contribution in [0.1, 0.15) is 0 Å². The summed E-state index contributed by atoms with van der Waals surface area (Å²) in [5, 5.41) is 8.60. The van der Waals surface area contributed by atoms with Gasteiger partial charge in [0.1, 0.15) is 0 Å². The van der Waals surface area contributed by atoms with Gasteiger partial charge in [-0.3, -0.25) is 5.10 Å². The lowest BCUT2D eigenvalue weighted by Crippen LogP contribution is -1.96. The molecular formula is C20H18N2O3S. The quantitative estimate of drug-likeness (QED) is 0.541. The number of nitrogens with one attached hydrogen (secondary N) is 1. The molecule has 2 aromatic heterocycles. The van der Waals surface area contributed by atoms with Crippen LogP contribution in [0.2, 0.25) is 0 Å². The monoisotopic (exact) mass is 366 g/mol. The zero-order chi connectivity index (χ0) is 18.1. The molecule has 0 saturated carbocycles. The van der Waals surface area contributed by atoms with Crippen molar-refractivity contribution in [2.24, 2.45) is 0 Å². The number of benzene rings is 2. The Morgan fingerprint density at radius 1 is 0.923 bits per heavy atom. The van der Waals surface area contributed by atoms with Crippen LogP contribution < -0.4 is 14.2 Å². The highest BCUT2D eigenvalue weighted by Crippen LogP contribution is 2.44. The number of hydrogen-bond acceptors (Lipinski definition) is 5. The molecule has 4 aromatic rings. The third kappa shape index (κ3) is 2.68. The van der Waals surface area contributed by atoms with Gasteiger partial charge >= 0.3 is 0 Å². The van der Waals surface area contributed by atoms with Crippen LogP contribution in [0.5, 0.6) is 17.2 Å². The van der Waals surface area contributed by atoms with Crippen molar-refractivity contribution in [3.05, 3.63) is 48.7 Å². The van der Waals surface area contributed by atoms with Gasteiger partial charge in [0.15, 0.2) is 11.5 Å². The number of nitrogens with zero attached hydrogens (tertiary/aromatic N) is 1. The summed E-state index contributed by atoms with van der Waals surface area (Å²) in [4.78, 5) is 1.16. The predicted molar refractivity (Wildman–Crippen MR) is 104 cm³/mol. The molecule has 0 amide bonds. The number of methoxy groups -OCH3 is 3. The number of fused-ring (bicyclic) bond motifs is 1. The molecule has 0 saturated heterocycles. The summed E-state index contributed by atoms with van der Waals surface area (Å²) >= 11 is 1.74. The molecule has 0 fully saturated rings. The van der Waals surface area contributed by atoms with Gasteiger partial charge in [-0.15, -0.1) is 11.3 Å². The van der Waals surface area contributed by atoms with Gasteiger partial charge in [-0.2, -0.15) is 5.10 Å². The van der Waals surface area contributed by atoms with E-state index in [-0.39, 0.29) is 0 Å². The van der Waals surface area contributed by atoms with Gasteiger partial charge < -0.3 is 14.2 Å². The van der Waals surface area contributed by atoms with E-state index in [0.29, 0.717) is 17.2 Å². The number of rotatable bonds is 5. The van der Waals surface area contributed by atoms with Crippen molar-refractivity contribution in [3.63, 3.8) is 0 Å². The van der Waals surface area contributed by atoms with E-state index in [9.17, 15) is 0 Å². The van der Waals surface area contributed by atoms with E-state index in [2.05, 4.69) is 34.5 Å². The second-order valence-electron chi connectivity index (χ2n) is 5.72. The van der Waals surface area contributed by atoms with Crippen LogP contribution in [0, 0.1) is 0 Å². The Morgan fingerprint density at radius 2 is 1.65 bits per heavy atom. The number of ether oxygens (including phenoxy) is 3. The van der Waals surface area contributed by atoms with Crippen LogP contribution in [0.25, 0.3) is 31.8 Å². The van der Waals surface area contributed by atoms with E-state index in [4.69, 9.17) is 14.2 Å². The van der Waals surface area contributed by atoms with Crippen LogP contribution in [0.15, 0.2) is 48.7 Å². The summed E-state index contributed by atoms with van der Waals surface area (Å²) < 4.78 is 17.6. The van der Waals surface area contributed by atoms with E-state index in [1.807, 2.05) is 24.4 Å². The summed E-state index contributed by atoms with van der Waals surface area (Å²) in [5.41, 5.74) is 2.88. The fourth-order valence-corrected chi connectivity index (χ4v) is 4.11. The smallest absolute Gasteiger partial charge is 0.203 e. The third-order valence-electron chi connectivity index (χ3n) is 4.28. The third-order valence-corrected chi connectivity index (χ3v) is 5.43. The van der Waals surface area contributed by atoms with Gasteiger partial charge in [-0.25, -0.2) is 0 Å². The summed E-state index contributed by atoms with van der Waals surface area (Å²) in [5.74, 6) is 1.79. The summed E-state index contributed by atoms with van der Waals surface area (Å²) in [6.45, 7) is 0. The summed E-state index contributed by atoms with van der Waals surface area (Å²) in [6.07, 6.45) is 1.85. The Bertz CT molecular complexity index is 1010. The molecule has 0 aliphatic carbocycles. The van der Waals surface area contributed by atoms with Gasteiger partial charge in [-0.05, 0) is 29.7 Å². The maximum Gasteiger partial charge on any atom is 0.203 e. The number of hydrogen-bond donors (Lipinski definition) is 1. The first-order chi connectivity index (χ1) is 12.7. The van der Waals surface area contributed by atoms with Gasteiger partial charge in [0.25, 0.3) is 0 Å². The predicted octanol–water partition coefficient (Wildman–Crippen LogP) is 4.98. The molecule has 0 aliphatic heterocycles. The fourth-order valence-electron chi connectivity index (χ4n) is 3.03. The number of aromatic amines is 1. The van der Waals surface area contributed by atoms with Crippen LogP contribution in [-0.4, -0.2) is 31.5 Å². The minimum absolute atomic E-state index is 0.571. The Hall–Kier alpha value is -2.99. The molecule has 0 bridgehead atoms. The average molecular weight is 366 g/mol. The second kappa shape index (κ2) is 6.72. The molecule has 0 unspecified atom stereocenters. The van der Waals surface area contributed by atoms with E-state index in [1.54, 1.807) is 32.7 Å². The minimum Gasteiger partial charge on any atom is -0.493 e. The average Bonchev–Trinajstić information content (AvgIpc) is 3.33. The first-order valence-electron chi connectivity index (χ1n) is 8.08. The standard InChI is InChI=1S/C20H18N2O3S/c1-23-15-8-13(9-16(24-2)20(15)25-3)19-14(11-21-22-19)18-10-12-6-4-5-7-17(12)26-18/h4-11H,1-3H3,(H,21,22). The Kier molecular flexibility index (Phi) is 4.26. The lowest BCUT2D eigenvalue weighted by Gasteiger charge is -2.14. The Balaban J connectivity index is 1.87. The molecule has 26 heavy (non-hydrogen) atoms. The lowest BCUT2D eigenvalue weighted by atomic mass is 10.1. The second-order valence-corrected chi connectivity index (χ2v) is 6.80.